The summed E-state index contributed by atoms with van der Waals surface area (Å²) in [4.78, 5) is 0. The van der Waals surface area contributed by atoms with Gasteiger partial charge in [-0.3, -0.25) is 0 Å². The van der Waals surface area contributed by atoms with E-state index in [4.69, 9.17) is 0 Å². The van der Waals surface area contributed by atoms with Crippen LogP contribution in [0.5, 0.6) is 0 Å². The maximum Gasteiger partial charge on any atom is -0.00229 e. The average molecular weight is 593 g/mol. The molecule has 3 atom stereocenters. The molecule has 0 radical (unpaired) electrons. The summed E-state index contributed by atoms with van der Waals surface area (Å²) in [5.74, 6) is 1.59. The standard InChI is InChI=1S/C39H50.C3H8.C2H6/c1-10-11-38(33-19-17-32(18-20-33)31-15-12-26(2)13-16-31)30(6)29(5)36-22-28(4)34(24-36)23-35-25-37(39(7,8)9)21-14-27(35)3;1-3-2;1-2/h12,15-20,23-24,30,37-38H,2,4-5,10-11,13-14,21-22,25H2,1,3,6-9H3;3H2,1-2H3;1-2H3/b34-23-;;/t30-,37-,38-;;/m0../s1. The predicted molar refractivity (Wildman–Crippen MR) is 200 cm³/mol. The molecule has 44 heavy (non-hydrogen) atoms. The van der Waals surface area contributed by atoms with Gasteiger partial charge >= 0.3 is 0 Å². The fraction of sp³-hybridized carbons (Fsp3) is 0.500. The summed E-state index contributed by atoms with van der Waals surface area (Å²) < 4.78 is 0. The Labute approximate surface area is 273 Å². The molecule has 3 aliphatic rings. The van der Waals surface area contributed by atoms with E-state index in [0.717, 1.165) is 18.8 Å². The van der Waals surface area contributed by atoms with Crippen LogP contribution in [0.15, 0.2) is 113 Å². The molecule has 1 aromatic carbocycles. The molecule has 0 aliphatic heterocycles. The van der Waals surface area contributed by atoms with E-state index >= 15 is 0 Å². The third kappa shape index (κ3) is 10.1. The van der Waals surface area contributed by atoms with E-state index in [-0.39, 0.29) is 0 Å². The Hall–Kier alpha value is -2.86. The zero-order valence-corrected chi connectivity index (χ0v) is 30.2. The van der Waals surface area contributed by atoms with Gasteiger partial charge in [-0.2, -0.15) is 0 Å². The Bertz CT molecular complexity index is 1290. The van der Waals surface area contributed by atoms with E-state index in [1.54, 1.807) is 5.57 Å². The van der Waals surface area contributed by atoms with Gasteiger partial charge in [0.25, 0.3) is 0 Å². The molecule has 0 N–H and O–H groups in total. The lowest BCUT2D eigenvalue weighted by atomic mass is 9.70. The average Bonchev–Trinajstić information content (AvgIpc) is 3.37. The second kappa shape index (κ2) is 17.6. The molecule has 0 heteroatoms. The highest BCUT2D eigenvalue weighted by molar-refractivity contribution is 5.76. The summed E-state index contributed by atoms with van der Waals surface area (Å²) in [5.41, 5.74) is 13.8. The quantitative estimate of drug-likeness (QED) is 0.282. The van der Waals surface area contributed by atoms with Gasteiger partial charge in [0.1, 0.15) is 0 Å². The summed E-state index contributed by atoms with van der Waals surface area (Å²) in [5, 5.41) is 0. The Balaban J connectivity index is 0.00000127. The SMILES string of the molecule is C=C1C=CC(c2ccc([C@@H](CCC)[C@@H](C)C(=C)C3=C/C(=C/C4=C(C)CC[C@H](C(C)(C)C)C4)C(=C)C3)cc2)=CC1.CC.CCC. The lowest BCUT2D eigenvalue weighted by molar-refractivity contribution is 0.217. The van der Waals surface area contributed by atoms with Gasteiger partial charge in [0.05, 0.1) is 0 Å². The molecular formula is C44H64. The fourth-order valence-corrected chi connectivity index (χ4v) is 6.50. The molecule has 4 rings (SSSR count). The number of rotatable bonds is 8. The smallest absolute Gasteiger partial charge is 0.00229 e. The molecule has 0 nitrogen and oxygen atoms in total. The van der Waals surface area contributed by atoms with Crippen molar-refractivity contribution >= 4 is 5.57 Å². The molecule has 0 saturated carbocycles. The second-order valence-corrected chi connectivity index (χ2v) is 14.1. The van der Waals surface area contributed by atoms with Gasteiger partial charge in [0.15, 0.2) is 0 Å². The first-order valence-electron chi connectivity index (χ1n) is 17.5. The van der Waals surface area contributed by atoms with Crippen molar-refractivity contribution in [3.63, 3.8) is 0 Å². The number of benzene rings is 1. The topological polar surface area (TPSA) is 0 Å². The summed E-state index contributed by atoms with van der Waals surface area (Å²) in [7, 11) is 0. The van der Waals surface area contributed by atoms with Crippen LogP contribution in [-0.2, 0) is 0 Å². The summed E-state index contributed by atoms with van der Waals surface area (Å²) in [6.07, 6.45) is 20.6. The van der Waals surface area contributed by atoms with Crippen molar-refractivity contribution in [2.75, 3.05) is 0 Å². The Morgan fingerprint density at radius 1 is 1.02 bits per heavy atom. The van der Waals surface area contributed by atoms with Gasteiger partial charge in [0, 0.05) is 0 Å². The Morgan fingerprint density at radius 3 is 2.20 bits per heavy atom. The second-order valence-electron chi connectivity index (χ2n) is 14.1. The molecule has 0 bridgehead atoms. The highest BCUT2D eigenvalue weighted by atomic mass is 14.3. The van der Waals surface area contributed by atoms with Crippen LogP contribution in [0.2, 0.25) is 0 Å². The van der Waals surface area contributed by atoms with Crippen molar-refractivity contribution in [2.24, 2.45) is 17.3 Å². The summed E-state index contributed by atoms with van der Waals surface area (Å²) in [6, 6.07) is 9.27. The minimum atomic E-state index is 0.355. The molecule has 1 aromatic rings. The molecule has 0 fully saturated rings. The van der Waals surface area contributed by atoms with Gasteiger partial charge < -0.3 is 0 Å². The van der Waals surface area contributed by atoms with Crippen molar-refractivity contribution in [3.8, 4) is 0 Å². The maximum atomic E-state index is 4.66. The zero-order chi connectivity index (χ0) is 33.0. The maximum absolute atomic E-state index is 4.66. The fourth-order valence-electron chi connectivity index (χ4n) is 6.50. The van der Waals surface area contributed by atoms with Gasteiger partial charge in [0.2, 0.25) is 0 Å². The third-order valence-electron chi connectivity index (χ3n) is 9.50. The van der Waals surface area contributed by atoms with Crippen LogP contribution in [-0.4, -0.2) is 0 Å². The highest BCUT2D eigenvalue weighted by Crippen LogP contribution is 2.44. The van der Waals surface area contributed by atoms with Crippen LogP contribution in [0.4, 0.5) is 0 Å². The van der Waals surface area contributed by atoms with Crippen LogP contribution >= 0.6 is 0 Å². The van der Waals surface area contributed by atoms with Crippen molar-refractivity contribution < 1.29 is 0 Å². The van der Waals surface area contributed by atoms with E-state index < -0.39 is 0 Å². The minimum Gasteiger partial charge on any atom is -0.0955 e. The number of hydrogen-bond acceptors (Lipinski definition) is 0. The van der Waals surface area contributed by atoms with E-state index in [0.29, 0.717) is 17.3 Å². The number of hydrogen-bond donors (Lipinski definition) is 0. The normalized spacial score (nSPS) is 20.7. The largest absolute Gasteiger partial charge is 0.0955 e. The summed E-state index contributed by atoms with van der Waals surface area (Å²) >= 11 is 0. The molecule has 0 unspecified atom stereocenters. The van der Waals surface area contributed by atoms with E-state index in [2.05, 4.69) is 130 Å². The van der Waals surface area contributed by atoms with Gasteiger partial charge in [-0.05, 0) is 113 Å². The predicted octanol–water partition coefficient (Wildman–Crippen LogP) is 14.1. The molecular weight excluding hydrogens is 528 g/mol. The third-order valence-corrected chi connectivity index (χ3v) is 9.50. The molecule has 240 valence electrons. The molecule has 0 saturated heterocycles. The lowest BCUT2D eigenvalue weighted by Gasteiger charge is -2.35. The Morgan fingerprint density at radius 2 is 1.66 bits per heavy atom. The number of allylic oxidation sites excluding steroid dienone is 13. The van der Waals surface area contributed by atoms with Gasteiger partial charge in [-0.1, -0.05) is 161 Å². The first kappa shape index (κ1) is 37.3. The van der Waals surface area contributed by atoms with Crippen LogP contribution in [0.3, 0.4) is 0 Å². The van der Waals surface area contributed by atoms with Crippen molar-refractivity contribution in [2.45, 2.75) is 127 Å². The van der Waals surface area contributed by atoms with Gasteiger partial charge in [-0.15, -0.1) is 0 Å². The van der Waals surface area contributed by atoms with Crippen molar-refractivity contribution in [3.05, 3.63) is 125 Å². The van der Waals surface area contributed by atoms with Crippen LogP contribution in [0, 0.1) is 17.3 Å². The minimum absolute atomic E-state index is 0.355. The molecule has 0 aromatic heterocycles. The van der Waals surface area contributed by atoms with E-state index in [9.17, 15) is 0 Å². The monoisotopic (exact) mass is 593 g/mol. The molecule has 3 aliphatic carbocycles. The first-order valence-corrected chi connectivity index (χ1v) is 17.5. The van der Waals surface area contributed by atoms with Crippen molar-refractivity contribution in [1.29, 1.82) is 0 Å². The van der Waals surface area contributed by atoms with Crippen LogP contribution in [0.1, 0.15) is 138 Å². The van der Waals surface area contributed by atoms with E-state index in [1.807, 2.05) is 13.8 Å². The molecule has 0 spiro atoms. The van der Waals surface area contributed by atoms with Crippen LogP contribution in [0.25, 0.3) is 5.57 Å². The highest BCUT2D eigenvalue weighted by Gasteiger charge is 2.30. The Kier molecular flexibility index (Phi) is 14.9. The zero-order valence-electron chi connectivity index (χ0n) is 30.2. The lowest BCUT2D eigenvalue weighted by Crippen LogP contribution is -2.23. The van der Waals surface area contributed by atoms with Crippen molar-refractivity contribution in [1.82, 2.24) is 0 Å². The first-order chi connectivity index (χ1) is 20.9. The molecule has 0 amide bonds. The molecule has 0 heterocycles. The van der Waals surface area contributed by atoms with Gasteiger partial charge in [-0.25, -0.2) is 0 Å². The summed E-state index contributed by atoms with van der Waals surface area (Å²) in [6.45, 7) is 35.6. The van der Waals surface area contributed by atoms with E-state index in [1.165, 1.54) is 88.7 Å². The van der Waals surface area contributed by atoms with Crippen LogP contribution < -0.4 is 0 Å².